The zero-order valence-electron chi connectivity index (χ0n) is 10.8. The van der Waals surface area contributed by atoms with Crippen molar-refractivity contribution in [3.63, 3.8) is 0 Å². The standard InChI is InChI=1S/C13H19N3O2/c1-16(2)13(7-4-8-13)9-14-12(18)10-5-3-6-11(17)15-10/h3,5-6H,4,7-9H2,1-2H3,(H,14,18)(H,15,17). The first-order valence-corrected chi connectivity index (χ1v) is 6.18. The summed E-state index contributed by atoms with van der Waals surface area (Å²) in [5.41, 5.74) is 0.148. The smallest absolute Gasteiger partial charge is 0.267 e. The van der Waals surface area contributed by atoms with Gasteiger partial charge in [0.25, 0.3) is 5.91 Å². The van der Waals surface area contributed by atoms with Crippen molar-refractivity contribution in [1.29, 1.82) is 0 Å². The Labute approximate surface area is 106 Å². The summed E-state index contributed by atoms with van der Waals surface area (Å²) < 4.78 is 0. The number of pyridine rings is 1. The number of nitrogens with one attached hydrogen (secondary N) is 2. The van der Waals surface area contributed by atoms with Gasteiger partial charge in [0.05, 0.1) is 0 Å². The summed E-state index contributed by atoms with van der Waals surface area (Å²) in [4.78, 5) is 27.7. The van der Waals surface area contributed by atoms with Crippen LogP contribution in [0.5, 0.6) is 0 Å². The zero-order valence-corrected chi connectivity index (χ0v) is 10.8. The molecule has 1 saturated carbocycles. The lowest BCUT2D eigenvalue weighted by Gasteiger charge is -2.47. The van der Waals surface area contributed by atoms with E-state index in [1.54, 1.807) is 12.1 Å². The molecule has 2 rings (SSSR count). The molecule has 0 spiro atoms. The van der Waals surface area contributed by atoms with E-state index in [-0.39, 0.29) is 17.0 Å². The van der Waals surface area contributed by atoms with E-state index in [4.69, 9.17) is 0 Å². The van der Waals surface area contributed by atoms with Crippen molar-refractivity contribution in [2.75, 3.05) is 20.6 Å². The summed E-state index contributed by atoms with van der Waals surface area (Å²) in [5, 5.41) is 2.90. The Hall–Kier alpha value is -1.62. The van der Waals surface area contributed by atoms with E-state index in [0.717, 1.165) is 12.8 Å². The Morgan fingerprint density at radius 3 is 2.67 bits per heavy atom. The molecule has 5 heteroatoms. The van der Waals surface area contributed by atoms with Gasteiger partial charge < -0.3 is 15.2 Å². The van der Waals surface area contributed by atoms with Crippen molar-refractivity contribution in [3.05, 3.63) is 34.2 Å². The number of amides is 1. The molecule has 2 N–H and O–H groups in total. The normalized spacial score (nSPS) is 17.3. The molecule has 1 aliphatic carbocycles. The van der Waals surface area contributed by atoms with Gasteiger partial charge in [-0.1, -0.05) is 6.07 Å². The molecule has 18 heavy (non-hydrogen) atoms. The fraction of sp³-hybridized carbons (Fsp3) is 0.538. The van der Waals surface area contributed by atoms with Crippen LogP contribution in [0.3, 0.4) is 0 Å². The van der Waals surface area contributed by atoms with Gasteiger partial charge in [-0.05, 0) is 39.4 Å². The van der Waals surface area contributed by atoms with Gasteiger partial charge in [0.2, 0.25) is 5.56 Å². The number of hydrogen-bond acceptors (Lipinski definition) is 3. The quantitative estimate of drug-likeness (QED) is 0.820. The minimum Gasteiger partial charge on any atom is -0.349 e. The first-order valence-electron chi connectivity index (χ1n) is 6.18. The highest BCUT2D eigenvalue weighted by atomic mass is 16.2. The molecule has 1 fully saturated rings. The Balaban J connectivity index is 1.98. The number of aromatic nitrogens is 1. The van der Waals surface area contributed by atoms with Gasteiger partial charge in [-0.2, -0.15) is 0 Å². The number of aromatic amines is 1. The summed E-state index contributed by atoms with van der Waals surface area (Å²) in [6.45, 7) is 0.621. The summed E-state index contributed by atoms with van der Waals surface area (Å²) in [7, 11) is 4.07. The molecule has 0 atom stereocenters. The van der Waals surface area contributed by atoms with Gasteiger partial charge in [-0.3, -0.25) is 9.59 Å². The van der Waals surface area contributed by atoms with E-state index < -0.39 is 0 Å². The van der Waals surface area contributed by atoms with E-state index in [2.05, 4.69) is 15.2 Å². The Morgan fingerprint density at radius 1 is 1.44 bits per heavy atom. The summed E-state index contributed by atoms with van der Waals surface area (Å²) in [6.07, 6.45) is 3.41. The lowest BCUT2D eigenvalue weighted by atomic mass is 9.75. The number of carbonyl (C=O) groups is 1. The number of rotatable bonds is 4. The van der Waals surface area contributed by atoms with Crippen molar-refractivity contribution in [3.8, 4) is 0 Å². The highest BCUT2D eigenvalue weighted by Gasteiger charge is 2.39. The SMILES string of the molecule is CN(C)C1(CNC(=O)c2cccc(=O)[nH]2)CCC1. The topological polar surface area (TPSA) is 65.2 Å². The molecule has 0 saturated heterocycles. The van der Waals surface area contributed by atoms with E-state index in [1.807, 2.05) is 14.1 Å². The van der Waals surface area contributed by atoms with Crippen LogP contribution in [0, 0.1) is 0 Å². The third-order valence-corrected chi connectivity index (χ3v) is 3.82. The summed E-state index contributed by atoms with van der Waals surface area (Å²) >= 11 is 0. The largest absolute Gasteiger partial charge is 0.349 e. The van der Waals surface area contributed by atoms with Crippen LogP contribution in [0.2, 0.25) is 0 Å². The molecule has 1 aromatic heterocycles. The van der Waals surface area contributed by atoms with Gasteiger partial charge in [0, 0.05) is 18.2 Å². The molecule has 1 aromatic rings. The lowest BCUT2D eigenvalue weighted by molar-refractivity contribution is 0.0556. The molecule has 98 valence electrons. The predicted octanol–water partition coefficient (Wildman–Crippen LogP) is 0.589. The molecular weight excluding hydrogens is 230 g/mol. The van der Waals surface area contributed by atoms with Gasteiger partial charge in [0.15, 0.2) is 0 Å². The maximum Gasteiger partial charge on any atom is 0.267 e. The van der Waals surface area contributed by atoms with E-state index in [0.29, 0.717) is 12.2 Å². The molecule has 1 aliphatic rings. The van der Waals surface area contributed by atoms with Gasteiger partial charge >= 0.3 is 0 Å². The summed E-state index contributed by atoms with van der Waals surface area (Å²) in [6, 6.07) is 4.59. The fourth-order valence-corrected chi connectivity index (χ4v) is 2.29. The molecule has 1 heterocycles. The van der Waals surface area contributed by atoms with Crippen LogP contribution in [-0.2, 0) is 0 Å². The van der Waals surface area contributed by atoms with Crippen molar-refractivity contribution in [2.24, 2.45) is 0 Å². The second-order valence-corrected chi connectivity index (χ2v) is 5.08. The highest BCUT2D eigenvalue weighted by molar-refractivity contribution is 5.92. The van der Waals surface area contributed by atoms with Crippen LogP contribution in [0.15, 0.2) is 23.0 Å². The average molecular weight is 249 g/mol. The Morgan fingerprint density at radius 2 is 2.17 bits per heavy atom. The first-order chi connectivity index (χ1) is 8.53. The van der Waals surface area contributed by atoms with Gasteiger partial charge in [0.1, 0.15) is 5.69 Å². The molecule has 0 radical (unpaired) electrons. The number of H-pyrrole nitrogens is 1. The molecular formula is C13H19N3O2. The minimum atomic E-state index is -0.256. The monoisotopic (exact) mass is 249 g/mol. The van der Waals surface area contributed by atoms with Crippen LogP contribution < -0.4 is 10.9 Å². The molecule has 0 aliphatic heterocycles. The van der Waals surface area contributed by atoms with Crippen LogP contribution in [0.25, 0.3) is 0 Å². The average Bonchev–Trinajstić information content (AvgIpc) is 2.26. The van der Waals surface area contributed by atoms with E-state index in [9.17, 15) is 9.59 Å². The van der Waals surface area contributed by atoms with Crippen molar-refractivity contribution in [2.45, 2.75) is 24.8 Å². The second kappa shape index (κ2) is 4.94. The van der Waals surface area contributed by atoms with E-state index >= 15 is 0 Å². The van der Waals surface area contributed by atoms with Gasteiger partial charge in [-0.15, -0.1) is 0 Å². The fourth-order valence-electron chi connectivity index (χ4n) is 2.29. The maximum absolute atomic E-state index is 11.9. The molecule has 5 nitrogen and oxygen atoms in total. The molecule has 0 aromatic carbocycles. The number of likely N-dealkylation sites (N-methyl/N-ethyl adjacent to an activating group) is 1. The van der Waals surface area contributed by atoms with Crippen LogP contribution in [0.4, 0.5) is 0 Å². The predicted molar refractivity (Wildman–Crippen MR) is 69.7 cm³/mol. The zero-order chi connectivity index (χ0) is 13.2. The van der Waals surface area contributed by atoms with Crippen LogP contribution in [0.1, 0.15) is 29.8 Å². The second-order valence-electron chi connectivity index (χ2n) is 5.08. The van der Waals surface area contributed by atoms with Crippen LogP contribution in [-0.4, -0.2) is 42.0 Å². The van der Waals surface area contributed by atoms with Crippen molar-refractivity contribution < 1.29 is 4.79 Å². The van der Waals surface area contributed by atoms with Crippen LogP contribution >= 0.6 is 0 Å². The lowest BCUT2D eigenvalue weighted by Crippen LogP contribution is -2.57. The van der Waals surface area contributed by atoms with Crippen molar-refractivity contribution >= 4 is 5.91 Å². The highest BCUT2D eigenvalue weighted by Crippen LogP contribution is 2.35. The number of hydrogen-bond donors (Lipinski definition) is 2. The third-order valence-electron chi connectivity index (χ3n) is 3.82. The molecule has 0 bridgehead atoms. The Kier molecular flexibility index (Phi) is 3.52. The van der Waals surface area contributed by atoms with Crippen molar-refractivity contribution in [1.82, 2.24) is 15.2 Å². The maximum atomic E-state index is 11.9. The third kappa shape index (κ3) is 2.46. The molecule has 0 unspecified atom stereocenters. The number of nitrogens with zero attached hydrogens (tertiary/aromatic N) is 1. The van der Waals surface area contributed by atoms with E-state index in [1.165, 1.54) is 12.5 Å². The number of carbonyl (C=O) groups excluding carboxylic acids is 1. The minimum absolute atomic E-state index is 0.0880. The summed E-state index contributed by atoms with van der Waals surface area (Å²) in [5.74, 6) is -0.221. The first kappa shape index (κ1) is 12.8. The Bertz CT molecular complexity index is 489. The molecule has 1 amide bonds. The van der Waals surface area contributed by atoms with Gasteiger partial charge in [-0.25, -0.2) is 0 Å².